The molecule has 0 saturated heterocycles. The standard InChI is InChI=1S/C10H17N3O2S/c1-2-13-16(14,15)8-7-12-10-6-4-3-5-9(10)11/h3-6,12-13H,2,7-8,11H2,1H3. The van der Waals surface area contributed by atoms with E-state index in [4.69, 9.17) is 5.73 Å². The number of nitrogens with two attached hydrogens (primary N) is 1. The molecule has 0 saturated carbocycles. The van der Waals surface area contributed by atoms with Crippen LogP contribution in [0.4, 0.5) is 11.4 Å². The first-order valence-corrected chi connectivity index (χ1v) is 6.76. The number of rotatable bonds is 6. The Hall–Kier alpha value is -1.27. The molecule has 6 heteroatoms. The largest absolute Gasteiger partial charge is 0.397 e. The summed E-state index contributed by atoms with van der Waals surface area (Å²) >= 11 is 0. The third kappa shape index (κ3) is 4.08. The fourth-order valence-electron chi connectivity index (χ4n) is 1.27. The van der Waals surface area contributed by atoms with Gasteiger partial charge in [-0.05, 0) is 12.1 Å². The highest BCUT2D eigenvalue weighted by atomic mass is 32.2. The molecule has 0 bridgehead atoms. The molecule has 0 amide bonds. The van der Waals surface area contributed by atoms with E-state index >= 15 is 0 Å². The molecule has 0 aliphatic carbocycles. The van der Waals surface area contributed by atoms with E-state index < -0.39 is 10.0 Å². The van der Waals surface area contributed by atoms with E-state index in [1.807, 2.05) is 18.2 Å². The van der Waals surface area contributed by atoms with Crippen LogP contribution in [0.2, 0.25) is 0 Å². The molecule has 4 N–H and O–H groups in total. The summed E-state index contributed by atoms with van der Waals surface area (Å²) in [5, 5.41) is 2.98. The number of hydrogen-bond acceptors (Lipinski definition) is 4. The number of hydrogen-bond donors (Lipinski definition) is 3. The van der Waals surface area contributed by atoms with Gasteiger partial charge in [-0.3, -0.25) is 0 Å². The average Bonchev–Trinajstić information content (AvgIpc) is 2.20. The molecule has 0 aromatic heterocycles. The lowest BCUT2D eigenvalue weighted by Gasteiger charge is -2.09. The Morgan fingerprint density at radius 1 is 1.31 bits per heavy atom. The Labute approximate surface area is 96.1 Å². The minimum Gasteiger partial charge on any atom is -0.397 e. The average molecular weight is 243 g/mol. The Morgan fingerprint density at radius 3 is 2.62 bits per heavy atom. The van der Waals surface area contributed by atoms with Gasteiger partial charge in [0.2, 0.25) is 10.0 Å². The van der Waals surface area contributed by atoms with Crippen LogP contribution < -0.4 is 15.8 Å². The predicted molar refractivity (Wildman–Crippen MR) is 66.8 cm³/mol. The minimum atomic E-state index is -3.17. The topological polar surface area (TPSA) is 84.2 Å². The van der Waals surface area contributed by atoms with Crippen molar-refractivity contribution in [1.82, 2.24) is 4.72 Å². The molecule has 1 aromatic rings. The molecule has 0 aliphatic heterocycles. The van der Waals surface area contributed by atoms with E-state index in [2.05, 4.69) is 10.0 Å². The van der Waals surface area contributed by atoms with Crippen LogP contribution in [0.3, 0.4) is 0 Å². The highest BCUT2D eigenvalue weighted by Crippen LogP contribution is 2.15. The second-order valence-electron chi connectivity index (χ2n) is 3.33. The number of nitrogen functional groups attached to an aromatic ring is 1. The normalized spacial score (nSPS) is 11.3. The van der Waals surface area contributed by atoms with Crippen molar-refractivity contribution in [1.29, 1.82) is 0 Å². The van der Waals surface area contributed by atoms with Gasteiger partial charge >= 0.3 is 0 Å². The molecule has 5 nitrogen and oxygen atoms in total. The molecule has 0 unspecified atom stereocenters. The summed E-state index contributed by atoms with van der Waals surface area (Å²) < 4.78 is 25.1. The summed E-state index contributed by atoms with van der Waals surface area (Å²) in [6, 6.07) is 7.25. The minimum absolute atomic E-state index is 0.0369. The number of anilines is 2. The number of sulfonamides is 1. The molecule has 0 heterocycles. The van der Waals surface area contributed by atoms with Crippen LogP contribution in [-0.4, -0.2) is 27.3 Å². The maximum atomic E-state index is 11.3. The molecule has 1 rings (SSSR count). The van der Waals surface area contributed by atoms with Crippen molar-refractivity contribution in [2.45, 2.75) is 6.92 Å². The maximum Gasteiger partial charge on any atom is 0.213 e. The van der Waals surface area contributed by atoms with Crippen molar-refractivity contribution >= 4 is 21.4 Å². The van der Waals surface area contributed by atoms with Gasteiger partial charge in [-0.25, -0.2) is 13.1 Å². The monoisotopic (exact) mass is 243 g/mol. The molecule has 16 heavy (non-hydrogen) atoms. The maximum absolute atomic E-state index is 11.3. The van der Waals surface area contributed by atoms with E-state index in [1.165, 1.54) is 0 Å². The molecule has 0 atom stereocenters. The fourth-order valence-corrected chi connectivity index (χ4v) is 2.23. The van der Waals surface area contributed by atoms with Crippen molar-refractivity contribution in [3.63, 3.8) is 0 Å². The zero-order valence-corrected chi connectivity index (χ0v) is 10.0. The summed E-state index contributed by atoms with van der Waals surface area (Å²) in [6.45, 7) is 2.50. The summed E-state index contributed by atoms with van der Waals surface area (Å²) in [6.07, 6.45) is 0. The third-order valence-corrected chi connectivity index (χ3v) is 3.48. The Bertz CT molecular complexity index is 431. The van der Waals surface area contributed by atoms with Crippen LogP contribution in [0.1, 0.15) is 6.92 Å². The van der Waals surface area contributed by atoms with Gasteiger partial charge in [-0.1, -0.05) is 19.1 Å². The van der Waals surface area contributed by atoms with E-state index in [-0.39, 0.29) is 5.75 Å². The van der Waals surface area contributed by atoms with E-state index in [1.54, 1.807) is 13.0 Å². The quantitative estimate of drug-likeness (QED) is 0.639. The molecule has 1 aromatic carbocycles. The lowest BCUT2D eigenvalue weighted by atomic mass is 10.3. The Balaban J connectivity index is 2.45. The molecular weight excluding hydrogens is 226 g/mol. The third-order valence-electron chi connectivity index (χ3n) is 2.01. The Morgan fingerprint density at radius 2 is 2.00 bits per heavy atom. The van der Waals surface area contributed by atoms with E-state index in [0.29, 0.717) is 18.8 Å². The molecule has 0 spiro atoms. The van der Waals surface area contributed by atoms with Crippen molar-refractivity contribution in [3.8, 4) is 0 Å². The summed E-state index contributed by atoms with van der Waals surface area (Å²) in [4.78, 5) is 0. The van der Waals surface area contributed by atoms with Gasteiger partial charge in [0.15, 0.2) is 0 Å². The van der Waals surface area contributed by atoms with Gasteiger partial charge in [-0.2, -0.15) is 0 Å². The lowest BCUT2D eigenvalue weighted by Crippen LogP contribution is -2.29. The summed E-state index contributed by atoms with van der Waals surface area (Å²) in [5.74, 6) is 0.0369. The van der Waals surface area contributed by atoms with Crippen molar-refractivity contribution in [2.24, 2.45) is 0 Å². The van der Waals surface area contributed by atoms with Crippen LogP contribution in [0.5, 0.6) is 0 Å². The predicted octanol–water partition coefficient (Wildman–Crippen LogP) is 0.620. The SMILES string of the molecule is CCNS(=O)(=O)CCNc1ccccc1N. The lowest BCUT2D eigenvalue weighted by molar-refractivity contribution is 0.584. The van der Waals surface area contributed by atoms with Crippen molar-refractivity contribution in [2.75, 3.05) is 29.9 Å². The second-order valence-corrected chi connectivity index (χ2v) is 5.26. The Kier molecular flexibility index (Phi) is 4.57. The van der Waals surface area contributed by atoms with Gasteiger partial charge in [0.1, 0.15) is 0 Å². The molecule has 90 valence electrons. The van der Waals surface area contributed by atoms with E-state index in [9.17, 15) is 8.42 Å². The first-order chi connectivity index (χ1) is 7.55. The van der Waals surface area contributed by atoms with Crippen molar-refractivity contribution < 1.29 is 8.42 Å². The van der Waals surface area contributed by atoms with Gasteiger partial charge in [0.05, 0.1) is 17.1 Å². The van der Waals surface area contributed by atoms with Crippen LogP contribution in [0.25, 0.3) is 0 Å². The number of benzene rings is 1. The van der Waals surface area contributed by atoms with Crippen LogP contribution in [0.15, 0.2) is 24.3 Å². The number of para-hydroxylation sites is 2. The van der Waals surface area contributed by atoms with Gasteiger partial charge in [0.25, 0.3) is 0 Å². The zero-order valence-electron chi connectivity index (χ0n) is 9.23. The molecular formula is C10H17N3O2S. The molecule has 0 fully saturated rings. The summed E-state index contributed by atoms with van der Waals surface area (Å²) in [7, 11) is -3.17. The second kappa shape index (κ2) is 5.72. The van der Waals surface area contributed by atoms with Gasteiger partial charge in [-0.15, -0.1) is 0 Å². The highest BCUT2D eigenvalue weighted by molar-refractivity contribution is 7.89. The van der Waals surface area contributed by atoms with Crippen molar-refractivity contribution in [3.05, 3.63) is 24.3 Å². The van der Waals surface area contributed by atoms with Gasteiger partial charge in [0, 0.05) is 13.1 Å². The first kappa shape index (κ1) is 12.8. The van der Waals surface area contributed by atoms with Crippen LogP contribution in [-0.2, 0) is 10.0 Å². The molecule has 0 aliphatic rings. The fraction of sp³-hybridized carbons (Fsp3) is 0.400. The summed E-state index contributed by atoms with van der Waals surface area (Å²) in [5.41, 5.74) is 7.07. The first-order valence-electron chi connectivity index (χ1n) is 5.11. The number of nitrogens with one attached hydrogen (secondary N) is 2. The van der Waals surface area contributed by atoms with Crippen LogP contribution in [0, 0.1) is 0 Å². The smallest absolute Gasteiger partial charge is 0.213 e. The van der Waals surface area contributed by atoms with Crippen LogP contribution >= 0.6 is 0 Å². The van der Waals surface area contributed by atoms with Gasteiger partial charge < -0.3 is 11.1 Å². The molecule has 0 radical (unpaired) electrons. The zero-order chi connectivity index (χ0) is 12.0. The highest BCUT2D eigenvalue weighted by Gasteiger charge is 2.07. The van der Waals surface area contributed by atoms with E-state index in [0.717, 1.165) is 5.69 Å².